The summed E-state index contributed by atoms with van der Waals surface area (Å²) in [6.45, 7) is 0.807. The molecule has 1 amide bonds. The van der Waals surface area contributed by atoms with Gasteiger partial charge < -0.3 is 10.1 Å². The Bertz CT molecular complexity index is 1110. The number of hydrogen-bond acceptors (Lipinski definition) is 8. The van der Waals surface area contributed by atoms with Gasteiger partial charge in [0.2, 0.25) is 5.95 Å². The number of nitrogens with one attached hydrogen (secondary N) is 1. The molecule has 3 aromatic rings. The van der Waals surface area contributed by atoms with Crippen molar-refractivity contribution in [1.29, 1.82) is 0 Å². The Kier molecular flexibility index (Phi) is 5.25. The first-order chi connectivity index (χ1) is 13.8. The molecule has 1 aromatic carbocycles. The summed E-state index contributed by atoms with van der Waals surface area (Å²) in [4.78, 5) is 36.0. The molecule has 0 aliphatic rings. The van der Waals surface area contributed by atoms with Crippen LogP contribution in [0.15, 0.2) is 30.6 Å². The Labute approximate surface area is 161 Å². The van der Waals surface area contributed by atoms with Crippen molar-refractivity contribution >= 4 is 23.4 Å². The molecule has 2 heterocycles. The zero-order valence-electron chi connectivity index (χ0n) is 14.9. The maximum atomic E-state index is 13.7. The molecule has 0 spiro atoms. The monoisotopic (exact) mass is 404 g/mol. The topological polar surface area (TPSA) is 164 Å². The van der Waals surface area contributed by atoms with Crippen LogP contribution in [0.4, 0.5) is 21.8 Å². The highest BCUT2D eigenvalue weighted by Crippen LogP contribution is 2.29. The Hall–Kier alpha value is -4.23. The number of halogens is 1. The third-order valence-corrected chi connectivity index (χ3v) is 3.88. The number of anilines is 1. The molecule has 14 heteroatoms. The lowest BCUT2D eigenvalue weighted by Gasteiger charge is -2.02. The minimum atomic E-state index is -0.995. The van der Waals surface area contributed by atoms with E-state index in [1.807, 2.05) is 0 Å². The Balaban J connectivity index is 1.70. The molecule has 0 radical (unpaired) electrons. The summed E-state index contributed by atoms with van der Waals surface area (Å²) in [6.07, 6.45) is 1.29. The van der Waals surface area contributed by atoms with E-state index < -0.39 is 39.6 Å². The van der Waals surface area contributed by atoms with E-state index in [1.54, 1.807) is 18.2 Å². The van der Waals surface area contributed by atoms with Crippen molar-refractivity contribution in [2.45, 2.75) is 20.0 Å². The highest BCUT2D eigenvalue weighted by atomic mass is 19.1. The smallest absolute Gasteiger partial charge is 0.358 e. The SMILES string of the molecule is Cc1c([N+](=O)[O-])c([N+](=O)[O-])nn1CC(=O)Nc1ncn(Cc2ccccc2F)n1. The van der Waals surface area contributed by atoms with Crippen molar-refractivity contribution in [2.75, 3.05) is 5.32 Å². The fourth-order valence-corrected chi connectivity index (χ4v) is 2.54. The van der Waals surface area contributed by atoms with E-state index in [2.05, 4.69) is 20.5 Å². The van der Waals surface area contributed by atoms with Gasteiger partial charge in [0.1, 0.15) is 24.4 Å². The van der Waals surface area contributed by atoms with Crippen LogP contribution in [0.3, 0.4) is 0 Å². The fraction of sp³-hybridized carbons (Fsp3) is 0.200. The van der Waals surface area contributed by atoms with Gasteiger partial charge in [-0.3, -0.25) is 20.2 Å². The van der Waals surface area contributed by atoms with E-state index >= 15 is 0 Å². The molecular weight excluding hydrogens is 391 g/mol. The van der Waals surface area contributed by atoms with Gasteiger partial charge in [-0.1, -0.05) is 18.2 Å². The second-order valence-corrected chi connectivity index (χ2v) is 5.83. The van der Waals surface area contributed by atoms with E-state index in [-0.39, 0.29) is 18.2 Å². The third kappa shape index (κ3) is 4.20. The van der Waals surface area contributed by atoms with Gasteiger partial charge in [-0.2, -0.15) is 4.68 Å². The molecule has 1 N–H and O–H groups in total. The van der Waals surface area contributed by atoms with Crippen molar-refractivity contribution in [1.82, 2.24) is 24.5 Å². The van der Waals surface area contributed by atoms with Crippen LogP contribution in [0.1, 0.15) is 11.3 Å². The van der Waals surface area contributed by atoms with Crippen LogP contribution in [0.2, 0.25) is 0 Å². The number of carbonyl (C=O) groups is 1. The Morgan fingerprint density at radius 2 is 1.93 bits per heavy atom. The van der Waals surface area contributed by atoms with Gasteiger partial charge in [-0.25, -0.2) is 14.1 Å². The van der Waals surface area contributed by atoms with Crippen molar-refractivity contribution < 1.29 is 19.0 Å². The van der Waals surface area contributed by atoms with Crippen LogP contribution < -0.4 is 5.32 Å². The highest BCUT2D eigenvalue weighted by Gasteiger charge is 2.35. The molecule has 0 atom stereocenters. The van der Waals surface area contributed by atoms with Crippen molar-refractivity contribution in [3.63, 3.8) is 0 Å². The van der Waals surface area contributed by atoms with E-state index in [1.165, 1.54) is 24.0 Å². The van der Waals surface area contributed by atoms with E-state index in [4.69, 9.17) is 0 Å². The molecule has 0 saturated heterocycles. The lowest BCUT2D eigenvalue weighted by Crippen LogP contribution is -2.21. The van der Waals surface area contributed by atoms with Gasteiger partial charge in [-0.05, 0) is 17.9 Å². The first kappa shape index (κ1) is 19.5. The van der Waals surface area contributed by atoms with Crippen molar-refractivity contribution in [3.05, 3.63) is 67.9 Å². The molecule has 13 nitrogen and oxygen atoms in total. The van der Waals surface area contributed by atoms with E-state index in [0.717, 1.165) is 4.68 Å². The Morgan fingerprint density at radius 1 is 1.21 bits per heavy atom. The van der Waals surface area contributed by atoms with Gasteiger partial charge in [0, 0.05) is 5.56 Å². The van der Waals surface area contributed by atoms with Gasteiger partial charge in [0.15, 0.2) is 0 Å². The molecule has 0 bridgehead atoms. The maximum absolute atomic E-state index is 13.7. The molecular formula is C15H13FN8O5. The lowest BCUT2D eigenvalue weighted by atomic mass is 10.2. The predicted molar refractivity (Wildman–Crippen MR) is 94.4 cm³/mol. The maximum Gasteiger partial charge on any atom is 0.468 e. The molecule has 2 aromatic heterocycles. The summed E-state index contributed by atoms with van der Waals surface area (Å²) in [7, 11) is 0. The number of benzene rings is 1. The largest absolute Gasteiger partial charge is 0.468 e. The van der Waals surface area contributed by atoms with Crippen LogP contribution >= 0.6 is 0 Å². The summed E-state index contributed by atoms with van der Waals surface area (Å²) in [6, 6.07) is 6.11. The highest BCUT2D eigenvalue weighted by molar-refractivity contribution is 5.88. The van der Waals surface area contributed by atoms with Crippen LogP contribution in [0.5, 0.6) is 0 Å². The summed E-state index contributed by atoms with van der Waals surface area (Å²) < 4.78 is 15.8. The lowest BCUT2D eigenvalue weighted by molar-refractivity contribution is -0.424. The minimum Gasteiger partial charge on any atom is -0.358 e. The van der Waals surface area contributed by atoms with Crippen molar-refractivity contribution in [2.24, 2.45) is 0 Å². The molecule has 150 valence electrons. The zero-order valence-corrected chi connectivity index (χ0v) is 14.9. The number of nitrogens with zero attached hydrogens (tertiary/aromatic N) is 7. The number of carbonyl (C=O) groups excluding carboxylic acids is 1. The van der Waals surface area contributed by atoms with Gasteiger partial charge in [0.05, 0.1) is 16.6 Å². The molecule has 0 fully saturated rings. The number of amides is 1. The van der Waals surface area contributed by atoms with Crippen LogP contribution in [-0.4, -0.2) is 40.3 Å². The average molecular weight is 404 g/mol. The van der Waals surface area contributed by atoms with Crippen LogP contribution in [0, 0.1) is 33.0 Å². The summed E-state index contributed by atoms with van der Waals surface area (Å²) in [5, 5.41) is 31.8. The molecule has 0 unspecified atom stereocenters. The minimum absolute atomic E-state index is 0.0832. The number of hydrogen-bond donors (Lipinski definition) is 1. The van der Waals surface area contributed by atoms with Gasteiger partial charge >= 0.3 is 11.5 Å². The van der Waals surface area contributed by atoms with Gasteiger partial charge in [0.25, 0.3) is 5.91 Å². The zero-order chi connectivity index (χ0) is 21.1. The summed E-state index contributed by atoms with van der Waals surface area (Å²) in [5.41, 5.74) is -0.549. The molecule has 3 rings (SSSR count). The number of rotatable bonds is 7. The normalized spacial score (nSPS) is 10.7. The third-order valence-electron chi connectivity index (χ3n) is 3.88. The average Bonchev–Trinajstić information content (AvgIpc) is 3.21. The van der Waals surface area contributed by atoms with Crippen molar-refractivity contribution in [3.8, 4) is 0 Å². The predicted octanol–water partition coefficient (Wildman–Crippen LogP) is 1.43. The first-order valence-electron chi connectivity index (χ1n) is 8.05. The second-order valence-electron chi connectivity index (χ2n) is 5.83. The number of nitro groups is 2. The fourth-order valence-electron chi connectivity index (χ4n) is 2.54. The Morgan fingerprint density at radius 3 is 2.55 bits per heavy atom. The van der Waals surface area contributed by atoms with E-state index in [0.29, 0.717) is 5.56 Å². The standard InChI is InChI=1S/C15H13FN8O5/c1-9-13(23(26)27)14(24(28)29)19-22(9)7-12(25)18-15-17-8-21(20-15)6-10-4-2-3-5-11(10)16/h2-5,8H,6-7H2,1H3,(H,18,20,25). The van der Waals surface area contributed by atoms with E-state index in [9.17, 15) is 29.4 Å². The summed E-state index contributed by atoms with van der Waals surface area (Å²) in [5.74, 6) is -2.15. The molecule has 0 aliphatic carbocycles. The van der Waals surface area contributed by atoms with Crippen LogP contribution in [0.25, 0.3) is 0 Å². The van der Waals surface area contributed by atoms with Gasteiger partial charge in [-0.15, -0.1) is 5.10 Å². The quantitative estimate of drug-likeness (QED) is 0.456. The number of aromatic nitrogens is 5. The summed E-state index contributed by atoms with van der Waals surface area (Å²) >= 11 is 0. The molecule has 29 heavy (non-hydrogen) atoms. The van der Waals surface area contributed by atoms with Crippen LogP contribution in [-0.2, 0) is 17.9 Å². The second kappa shape index (κ2) is 7.79. The molecule has 0 saturated carbocycles. The first-order valence-corrected chi connectivity index (χ1v) is 8.05. The molecule has 0 aliphatic heterocycles.